The number of nitrogens with one attached hydrogen (secondary N) is 1. The van der Waals surface area contributed by atoms with Crippen molar-refractivity contribution in [1.82, 2.24) is 10.2 Å². The van der Waals surface area contributed by atoms with Crippen molar-refractivity contribution in [3.8, 4) is 0 Å². The molecule has 5 heteroatoms. The largest absolute Gasteiger partial charge is 0.340 e. The van der Waals surface area contributed by atoms with E-state index in [2.05, 4.69) is 11.4 Å². The maximum atomic E-state index is 12.6. The van der Waals surface area contributed by atoms with Crippen LogP contribution in [0.1, 0.15) is 30.6 Å². The van der Waals surface area contributed by atoms with E-state index in [1.54, 1.807) is 16.2 Å². The molecule has 1 saturated carbocycles. The lowest BCUT2D eigenvalue weighted by Gasteiger charge is -2.39. The summed E-state index contributed by atoms with van der Waals surface area (Å²) >= 11 is 1.70. The molecule has 1 aliphatic carbocycles. The van der Waals surface area contributed by atoms with Crippen LogP contribution in [0.25, 0.3) is 0 Å². The summed E-state index contributed by atoms with van der Waals surface area (Å²) in [6.07, 6.45) is 4.50. The standard InChI is InChI=1S/C14H18N2O2S/c17-12-10-16(8-5-11-4-3-9-19-11)13(18)14(15-12)6-1-2-7-14/h3-4,9H,1-2,5-8,10H2,(H,15,17). The minimum atomic E-state index is -0.579. The quantitative estimate of drug-likeness (QED) is 0.912. The van der Waals surface area contributed by atoms with Gasteiger partial charge in [-0.1, -0.05) is 18.9 Å². The van der Waals surface area contributed by atoms with Gasteiger partial charge in [-0.25, -0.2) is 0 Å². The van der Waals surface area contributed by atoms with E-state index in [0.717, 1.165) is 32.1 Å². The monoisotopic (exact) mass is 278 g/mol. The minimum Gasteiger partial charge on any atom is -0.340 e. The Morgan fingerprint density at radius 3 is 2.79 bits per heavy atom. The fourth-order valence-electron chi connectivity index (χ4n) is 3.11. The summed E-state index contributed by atoms with van der Waals surface area (Å²) in [5.74, 6) is 0.119. The molecule has 4 nitrogen and oxygen atoms in total. The van der Waals surface area contributed by atoms with E-state index >= 15 is 0 Å². The number of nitrogens with zero attached hydrogens (tertiary/aromatic N) is 1. The van der Waals surface area contributed by atoms with Gasteiger partial charge in [0.25, 0.3) is 0 Å². The number of rotatable bonds is 3. The second-order valence-electron chi connectivity index (χ2n) is 5.39. The zero-order valence-corrected chi connectivity index (χ0v) is 11.7. The normalized spacial score (nSPS) is 22.0. The van der Waals surface area contributed by atoms with Gasteiger partial charge in [0.05, 0.1) is 6.54 Å². The maximum Gasteiger partial charge on any atom is 0.248 e. The van der Waals surface area contributed by atoms with Gasteiger partial charge < -0.3 is 10.2 Å². The lowest BCUT2D eigenvalue weighted by molar-refractivity contribution is -0.149. The van der Waals surface area contributed by atoms with E-state index in [1.807, 2.05) is 11.4 Å². The summed E-state index contributed by atoms with van der Waals surface area (Å²) in [6, 6.07) is 4.09. The first-order chi connectivity index (χ1) is 9.20. The highest BCUT2D eigenvalue weighted by Crippen LogP contribution is 2.33. The van der Waals surface area contributed by atoms with Crippen molar-refractivity contribution in [2.75, 3.05) is 13.1 Å². The summed E-state index contributed by atoms with van der Waals surface area (Å²) in [4.78, 5) is 27.4. The first kappa shape index (κ1) is 12.7. The third kappa shape index (κ3) is 2.39. The van der Waals surface area contributed by atoms with Gasteiger partial charge in [-0.2, -0.15) is 0 Å². The molecule has 1 saturated heterocycles. The molecule has 0 unspecified atom stereocenters. The van der Waals surface area contributed by atoms with Crippen molar-refractivity contribution in [2.24, 2.45) is 0 Å². The Kier molecular flexibility index (Phi) is 3.31. The summed E-state index contributed by atoms with van der Waals surface area (Å²) < 4.78 is 0. The van der Waals surface area contributed by atoms with Crippen molar-refractivity contribution in [2.45, 2.75) is 37.6 Å². The highest BCUT2D eigenvalue weighted by Gasteiger charge is 2.47. The van der Waals surface area contributed by atoms with E-state index in [9.17, 15) is 9.59 Å². The predicted octanol–water partition coefficient (Wildman–Crippen LogP) is 1.56. The van der Waals surface area contributed by atoms with Gasteiger partial charge in [-0.05, 0) is 30.7 Å². The maximum absolute atomic E-state index is 12.6. The van der Waals surface area contributed by atoms with Crippen LogP contribution in [0, 0.1) is 0 Å². The van der Waals surface area contributed by atoms with Crippen molar-refractivity contribution < 1.29 is 9.59 Å². The molecule has 3 rings (SSSR count). The van der Waals surface area contributed by atoms with Crippen LogP contribution >= 0.6 is 11.3 Å². The molecule has 0 atom stereocenters. The van der Waals surface area contributed by atoms with E-state index in [-0.39, 0.29) is 18.4 Å². The molecule has 2 amide bonds. The molecular weight excluding hydrogens is 260 g/mol. The lowest BCUT2D eigenvalue weighted by Crippen LogP contribution is -2.65. The molecule has 19 heavy (non-hydrogen) atoms. The Morgan fingerprint density at radius 1 is 1.32 bits per heavy atom. The minimum absolute atomic E-state index is 0.00678. The fraction of sp³-hybridized carbons (Fsp3) is 0.571. The Balaban J connectivity index is 1.70. The molecule has 1 spiro atoms. The summed E-state index contributed by atoms with van der Waals surface area (Å²) in [5.41, 5.74) is -0.579. The van der Waals surface area contributed by atoms with Crippen LogP contribution in [-0.2, 0) is 16.0 Å². The highest BCUT2D eigenvalue weighted by atomic mass is 32.1. The number of carbonyl (C=O) groups excluding carboxylic acids is 2. The van der Waals surface area contributed by atoms with Crippen molar-refractivity contribution in [3.05, 3.63) is 22.4 Å². The molecule has 1 aliphatic heterocycles. The van der Waals surface area contributed by atoms with Gasteiger partial charge >= 0.3 is 0 Å². The Bertz CT molecular complexity index is 478. The number of piperazine rings is 1. The molecule has 2 aliphatic rings. The molecule has 102 valence electrons. The summed E-state index contributed by atoms with van der Waals surface area (Å²) in [7, 11) is 0. The van der Waals surface area contributed by atoms with E-state index in [1.165, 1.54) is 4.88 Å². The van der Waals surface area contributed by atoms with Crippen LogP contribution in [0.5, 0.6) is 0 Å². The van der Waals surface area contributed by atoms with Crippen LogP contribution in [-0.4, -0.2) is 35.3 Å². The third-order valence-electron chi connectivity index (χ3n) is 4.08. The van der Waals surface area contributed by atoms with Crippen LogP contribution in [0.4, 0.5) is 0 Å². The van der Waals surface area contributed by atoms with Gasteiger partial charge in [0.1, 0.15) is 5.54 Å². The van der Waals surface area contributed by atoms with Gasteiger partial charge in [0.15, 0.2) is 0 Å². The first-order valence-corrected chi connectivity index (χ1v) is 7.70. The van der Waals surface area contributed by atoms with Gasteiger partial charge in [-0.15, -0.1) is 11.3 Å². The predicted molar refractivity (Wildman–Crippen MR) is 73.9 cm³/mol. The number of amides is 2. The summed E-state index contributed by atoms with van der Waals surface area (Å²) in [5, 5.41) is 4.98. The molecule has 2 heterocycles. The zero-order valence-electron chi connectivity index (χ0n) is 10.9. The number of hydrogen-bond donors (Lipinski definition) is 1. The fourth-order valence-corrected chi connectivity index (χ4v) is 3.80. The van der Waals surface area contributed by atoms with Crippen LogP contribution in [0.15, 0.2) is 17.5 Å². The first-order valence-electron chi connectivity index (χ1n) is 6.82. The van der Waals surface area contributed by atoms with Crippen molar-refractivity contribution in [1.29, 1.82) is 0 Å². The second-order valence-corrected chi connectivity index (χ2v) is 6.43. The molecule has 1 N–H and O–H groups in total. The topological polar surface area (TPSA) is 49.4 Å². The Hall–Kier alpha value is -1.36. The molecule has 0 bridgehead atoms. The van der Waals surface area contributed by atoms with Crippen molar-refractivity contribution in [3.63, 3.8) is 0 Å². The number of carbonyl (C=O) groups is 2. The van der Waals surface area contributed by atoms with Crippen molar-refractivity contribution >= 4 is 23.2 Å². The highest BCUT2D eigenvalue weighted by molar-refractivity contribution is 7.09. The molecule has 0 radical (unpaired) electrons. The Labute approximate surface area is 116 Å². The SMILES string of the molecule is O=C1CN(CCc2cccs2)C(=O)C2(CCCC2)N1. The van der Waals surface area contributed by atoms with Gasteiger partial charge in [0, 0.05) is 11.4 Å². The van der Waals surface area contributed by atoms with Crippen LogP contribution in [0.2, 0.25) is 0 Å². The number of thiophene rings is 1. The molecular formula is C14H18N2O2S. The van der Waals surface area contributed by atoms with Gasteiger partial charge in [0.2, 0.25) is 11.8 Å². The molecule has 0 aromatic carbocycles. The molecule has 1 aromatic rings. The number of hydrogen-bond acceptors (Lipinski definition) is 3. The van der Waals surface area contributed by atoms with Gasteiger partial charge in [-0.3, -0.25) is 9.59 Å². The van der Waals surface area contributed by atoms with E-state index in [4.69, 9.17) is 0 Å². The lowest BCUT2D eigenvalue weighted by atomic mass is 9.93. The zero-order chi connectivity index (χ0) is 13.3. The second kappa shape index (κ2) is 4.96. The van der Waals surface area contributed by atoms with E-state index in [0.29, 0.717) is 6.54 Å². The average molecular weight is 278 g/mol. The molecule has 2 fully saturated rings. The summed E-state index contributed by atoms with van der Waals surface area (Å²) in [6.45, 7) is 0.862. The van der Waals surface area contributed by atoms with Crippen LogP contribution < -0.4 is 5.32 Å². The average Bonchev–Trinajstić information content (AvgIpc) is 3.04. The smallest absolute Gasteiger partial charge is 0.248 e. The molecule has 1 aromatic heterocycles. The van der Waals surface area contributed by atoms with Crippen LogP contribution in [0.3, 0.4) is 0 Å². The third-order valence-corrected chi connectivity index (χ3v) is 5.01. The Morgan fingerprint density at radius 2 is 2.11 bits per heavy atom. The van der Waals surface area contributed by atoms with E-state index < -0.39 is 5.54 Å².